The summed E-state index contributed by atoms with van der Waals surface area (Å²) in [6, 6.07) is 7.49. The molecule has 4 rings (SSSR count). The summed E-state index contributed by atoms with van der Waals surface area (Å²) in [5.41, 5.74) is 0.704. The van der Waals surface area contributed by atoms with E-state index >= 15 is 0 Å². The molecule has 2 aromatic rings. The summed E-state index contributed by atoms with van der Waals surface area (Å²) in [7, 11) is 0. The third-order valence-corrected chi connectivity index (χ3v) is 7.01. The second-order valence-corrected chi connectivity index (χ2v) is 9.16. The molecule has 1 atom stereocenters. The molecular formula is C25H36N2O5. The van der Waals surface area contributed by atoms with Crippen LogP contribution in [0.4, 0.5) is 0 Å². The Hall–Kier alpha value is -1.93. The molecule has 7 nitrogen and oxygen atoms in total. The van der Waals surface area contributed by atoms with Crippen LogP contribution in [0.25, 0.3) is 11.0 Å². The Morgan fingerprint density at radius 1 is 1.22 bits per heavy atom. The quantitative estimate of drug-likeness (QED) is 0.650. The Bertz CT molecular complexity index is 893. The molecule has 0 saturated carbocycles. The SMILES string of the molecule is CCC(CC)CN1CCC(O)(c2ccc3oc(C(=O)NCC4COCCO4)cc3c2)CC1. The second-order valence-electron chi connectivity index (χ2n) is 9.16. The molecule has 2 fully saturated rings. The zero-order valence-corrected chi connectivity index (χ0v) is 19.3. The number of rotatable bonds is 8. The predicted octanol–water partition coefficient (Wildman–Crippen LogP) is 3.30. The number of hydrogen-bond donors (Lipinski definition) is 2. The maximum absolute atomic E-state index is 12.5. The van der Waals surface area contributed by atoms with Crippen LogP contribution in [0.1, 0.15) is 55.6 Å². The molecule has 0 aliphatic carbocycles. The van der Waals surface area contributed by atoms with E-state index in [4.69, 9.17) is 13.9 Å². The number of carbonyl (C=O) groups excluding carboxylic acids is 1. The molecule has 2 saturated heterocycles. The lowest BCUT2D eigenvalue weighted by atomic mass is 9.83. The molecule has 2 aliphatic heterocycles. The van der Waals surface area contributed by atoms with Crippen molar-refractivity contribution < 1.29 is 23.8 Å². The van der Waals surface area contributed by atoms with Crippen molar-refractivity contribution in [3.05, 3.63) is 35.6 Å². The van der Waals surface area contributed by atoms with Crippen molar-refractivity contribution in [2.75, 3.05) is 46.0 Å². The molecule has 0 radical (unpaired) electrons. The molecule has 0 spiro atoms. The van der Waals surface area contributed by atoms with Gasteiger partial charge in [-0.2, -0.15) is 0 Å². The third kappa shape index (κ3) is 5.34. The first-order valence-corrected chi connectivity index (χ1v) is 12.0. The van der Waals surface area contributed by atoms with Crippen LogP contribution in [0.3, 0.4) is 0 Å². The fourth-order valence-corrected chi connectivity index (χ4v) is 4.70. The van der Waals surface area contributed by atoms with Gasteiger partial charge in [-0.15, -0.1) is 0 Å². The number of aliphatic hydroxyl groups is 1. The molecule has 1 amide bonds. The summed E-state index contributed by atoms with van der Waals surface area (Å²) in [5, 5.41) is 15.0. The van der Waals surface area contributed by atoms with Crippen molar-refractivity contribution in [3.8, 4) is 0 Å². The first kappa shape index (κ1) is 23.2. The number of carbonyl (C=O) groups is 1. The van der Waals surface area contributed by atoms with E-state index in [2.05, 4.69) is 24.1 Å². The van der Waals surface area contributed by atoms with Crippen LogP contribution in [0, 0.1) is 5.92 Å². The van der Waals surface area contributed by atoms with Gasteiger partial charge in [-0.05, 0) is 42.5 Å². The predicted molar refractivity (Wildman–Crippen MR) is 123 cm³/mol. The summed E-state index contributed by atoms with van der Waals surface area (Å²) in [6.07, 6.45) is 3.70. The molecule has 1 aromatic heterocycles. The van der Waals surface area contributed by atoms with Crippen molar-refractivity contribution >= 4 is 16.9 Å². The van der Waals surface area contributed by atoms with Gasteiger partial charge in [0.15, 0.2) is 5.76 Å². The molecule has 1 unspecified atom stereocenters. The monoisotopic (exact) mass is 444 g/mol. The minimum atomic E-state index is -0.837. The van der Waals surface area contributed by atoms with Gasteiger partial charge in [0.2, 0.25) is 0 Å². The van der Waals surface area contributed by atoms with Crippen LogP contribution < -0.4 is 5.32 Å². The number of fused-ring (bicyclic) bond motifs is 1. The first-order chi connectivity index (χ1) is 15.5. The minimum absolute atomic E-state index is 0.131. The average molecular weight is 445 g/mol. The molecule has 0 bridgehead atoms. The van der Waals surface area contributed by atoms with E-state index in [-0.39, 0.29) is 17.8 Å². The molecule has 32 heavy (non-hydrogen) atoms. The lowest BCUT2D eigenvalue weighted by Gasteiger charge is -2.39. The maximum Gasteiger partial charge on any atom is 0.287 e. The number of ether oxygens (including phenoxy) is 2. The largest absolute Gasteiger partial charge is 0.451 e. The number of piperidine rings is 1. The number of furan rings is 1. The van der Waals surface area contributed by atoms with Gasteiger partial charge < -0.3 is 29.2 Å². The topological polar surface area (TPSA) is 84.2 Å². The second kappa shape index (κ2) is 10.3. The van der Waals surface area contributed by atoms with Gasteiger partial charge in [-0.1, -0.05) is 32.8 Å². The van der Waals surface area contributed by atoms with Crippen molar-refractivity contribution in [1.29, 1.82) is 0 Å². The molecule has 176 valence electrons. The highest BCUT2D eigenvalue weighted by Gasteiger charge is 2.34. The Morgan fingerprint density at radius 3 is 2.69 bits per heavy atom. The van der Waals surface area contributed by atoms with Gasteiger partial charge in [0.05, 0.1) is 31.5 Å². The van der Waals surface area contributed by atoms with E-state index in [9.17, 15) is 9.90 Å². The summed E-state index contributed by atoms with van der Waals surface area (Å²) >= 11 is 0. The maximum atomic E-state index is 12.5. The highest BCUT2D eigenvalue weighted by Crippen LogP contribution is 2.35. The Balaban J connectivity index is 1.38. The smallest absolute Gasteiger partial charge is 0.287 e. The molecule has 3 heterocycles. The Morgan fingerprint density at radius 2 is 2.00 bits per heavy atom. The van der Waals surface area contributed by atoms with Crippen molar-refractivity contribution in [1.82, 2.24) is 10.2 Å². The zero-order valence-electron chi connectivity index (χ0n) is 19.3. The normalized spacial score (nSPS) is 21.8. The number of nitrogens with one attached hydrogen (secondary N) is 1. The molecular weight excluding hydrogens is 408 g/mol. The lowest BCUT2D eigenvalue weighted by Crippen LogP contribution is -2.44. The van der Waals surface area contributed by atoms with E-state index in [1.807, 2.05) is 18.2 Å². The minimum Gasteiger partial charge on any atom is -0.451 e. The number of amides is 1. The Labute approximate surface area is 190 Å². The highest BCUT2D eigenvalue weighted by molar-refractivity contribution is 5.96. The molecule has 1 aromatic carbocycles. The van der Waals surface area contributed by atoms with Crippen LogP contribution in [-0.2, 0) is 15.1 Å². The lowest BCUT2D eigenvalue weighted by molar-refractivity contribution is -0.0856. The number of hydrogen-bond acceptors (Lipinski definition) is 6. The van der Waals surface area contributed by atoms with Gasteiger partial charge in [0, 0.05) is 31.6 Å². The van der Waals surface area contributed by atoms with E-state index < -0.39 is 5.60 Å². The first-order valence-electron chi connectivity index (χ1n) is 12.0. The van der Waals surface area contributed by atoms with Crippen molar-refractivity contribution in [2.24, 2.45) is 5.92 Å². The number of nitrogens with zero attached hydrogens (tertiary/aromatic N) is 1. The fraction of sp³-hybridized carbons (Fsp3) is 0.640. The summed E-state index contributed by atoms with van der Waals surface area (Å²) in [6.45, 7) is 9.42. The Kier molecular flexibility index (Phi) is 7.51. The van der Waals surface area contributed by atoms with Gasteiger partial charge in [0.1, 0.15) is 5.58 Å². The molecule has 2 aliphatic rings. The summed E-state index contributed by atoms with van der Waals surface area (Å²) in [5.74, 6) is 0.719. The summed E-state index contributed by atoms with van der Waals surface area (Å²) < 4.78 is 16.7. The average Bonchev–Trinajstić information content (AvgIpc) is 3.26. The van der Waals surface area contributed by atoms with Crippen LogP contribution in [0.5, 0.6) is 0 Å². The van der Waals surface area contributed by atoms with Gasteiger partial charge in [-0.25, -0.2) is 0 Å². The van der Waals surface area contributed by atoms with Crippen LogP contribution in [0.15, 0.2) is 28.7 Å². The standard InChI is InChI=1S/C25H36N2O5/c1-3-18(4-2)16-27-9-7-25(29,8-10-27)20-5-6-22-19(13-20)14-23(32-22)24(28)26-15-21-17-30-11-12-31-21/h5-6,13-14,18,21,29H,3-4,7-12,15-17H2,1-2H3,(H,26,28). The number of likely N-dealkylation sites (tertiary alicyclic amines) is 1. The highest BCUT2D eigenvalue weighted by atomic mass is 16.6. The van der Waals surface area contributed by atoms with Crippen LogP contribution in [0.2, 0.25) is 0 Å². The van der Waals surface area contributed by atoms with E-state index in [1.54, 1.807) is 6.07 Å². The van der Waals surface area contributed by atoms with Crippen molar-refractivity contribution in [2.45, 2.75) is 51.2 Å². The van der Waals surface area contributed by atoms with Crippen LogP contribution >= 0.6 is 0 Å². The van der Waals surface area contributed by atoms with Crippen LogP contribution in [-0.4, -0.2) is 68.0 Å². The van der Waals surface area contributed by atoms with Gasteiger partial charge >= 0.3 is 0 Å². The van der Waals surface area contributed by atoms with E-state index in [1.165, 1.54) is 12.8 Å². The molecule has 2 N–H and O–H groups in total. The summed E-state index contributed by atoms with van der Waals surface area (Å²) in [4.78, 5) is 15.0. The number of benzene rings is 1. The third-order valence-electron chi connectivity index (χ3n) is 7.01. The zero-order chi connectivity index (χ0) is 22.6. The van der Waals surface area contributed by atoms with E-state index in [0.29, 0.717) is 44.8 Å². The van der Waals surface area contributed by atoms with Gasteiger partial charge in [0.25, 0.3) is 5.91 Å². The molecule has 7 heteroatoms. The van der Waals surface area contributed by atoms with E-state index in [0.717, 1.165) is 36.5 Å². The van der Waals surface area contributed by atoms with Crippen molar-refractivity contribution in [3.63, 3.8) is 0 Å². The van der Waals surface area contributed by atoms with Gasteiger partial charge in [-0.3, -0.25) is 4.79 Å². The fourth-order valence-electron chi connectivity index (χ4n) is 4.70.